The van der Waals surface area contributed by atoms with Crippen molar-refractivity contribution in [2.75, 3.05) is 13.7 Å². The Kier molecular flexibility index (Phi) is 3.13. The molecule has 0 saturated carbocycles. The predicted octanol–water partition coefficient (Wildman–Crippen LogP) is -0.948. The minimum atomic E-state index is -3.10. The highest BCUT2D eigenvalue weighted by molar-refractivity contribution is 6.32. The second kappa shape index (κ2) is 4.71. The number of cyclic esters (lactones) is 1. The lowest BCUT2D eigenvalue weighted by atomic mass is 9.65. The van der Waals surface area contributed by atoms with Crippen molar-refractivity contribution in [1.29, 1.82) is 0 Å². The molecule has 8 heteroatoms. The first-order chi connectivity index (χ1) is 10.8. The first kappa shape index (κ1) is 15.3. The largest absolute Gasteiger partial charge is 0.496 e. The number of aliphatic hydroxyl groups is 2. The minimum Gasteiger partial charge on any atom is -0.496 e. The molecular weight excluding hydrogens is 308 g/mol. The molecule has 0 radical (unpaired) electrons. The van der Waals surface area contributed by atoms with E-state index in [0.29, 0.717) is 0 Å². The molecule has 120 valence electrons. The number of fused-ring (bicyclic) bond motifs is 2. The molecule has 1 saturated heterocycles. The summed E-state index contributed by atoms with van der Waals surface area (Å²) in [7, 11) is 1.25. The molecule has 23 heavy (non-hydrogen) atoms. The van der Waals surface area contributed by atoms with E-state index in [9.17, 15) is 29.4 Å². The predicted molar refractivity (Wildman–Crippen MR) is 72.1 cm³/mol. The number of methoxy groups -OCH3 is 1. The van der Waals surface area contributed by atoms with E-state index in [-0.39, 0.29) is 16.9 Å². The average molecular weight is 320 g/mol. The zero-order valence-corrected chi connectivity index (χ0v) is 12.0. The highest BCUT2D eigenvalue weighted by atomic mass is 16.5. The molecule has 8 nitrogen and oxygen atoms in total. The van der Waals surface area contributed by atoms with Gasteiger partial charge in [0.05, 0.1) is 12.7 Å². The molecule has 2 aliphatic rings. The summed E-state index contributed by atoms with van der Waals surface area (Å²) in [5.41, 5.74) is -6.49. The Bertz CT molecular complexity index is 767. The van der Waals surface area contributed by atoms with Crippen LogP contribution in [0.4, 0.5) is 0 Å². The molecule has 1 heterocycles. The van der Waals surface area contributed by atoms with Gasteiger partial charge in [-0.15, -0.1) is 0 Å². The summed E-state index contributed by atoms with van der Waals surface area (Å²) in [5.74, 6) is -4.65. The van der Waals surface area contributed by atoms with Crippen molar-refractivity contribution in [3.63, 3.8) is 0 Å². The van der Waals surface area contributed by atoms with Gasteiger partial charge in [0.25, 0.3) is 0 Å². The van der Waals surface area contributed by atoms with Crippen molar-refractivity contribution in [3.05, 3.63) is 29.3 Å². The molecule has 0 amide bonds. The highest BCUT2D eigenvalue weighted by Gasteiger charge is 2.69. The quantitative estimate of drug-likeness (QED) is 0.501. The van der Waals surface area contributed by atoms with Gasteiger partial charge in [0.1, 0.15) is 18.8 Å². The maximum atomic E-state index is 12.7. The normalized spacial score (nSPS) is 30.2. The number of ether oxygens (including phenoxy) is 2. The van der Waals surface area contributed by atoms with Gasteiger partial charge in [-0.1, -0.05) is 12.1 Å². The van der Waals surface area contributed by atoms with Gasteiger partial charge in [0, 0.05) is 5.56 Å². The van der Waals surface area contributed by atoms with Gasteiger partial charge in [0.15, 0.2) is 5.78 Å². The zero-order chi connectivity index (χ0) is 17.0. The molecule has 0 spiro atoms. The standard InChI is InChI=1S/C15H12O8/c1-22-8-4-2-3-7-11(8)13(19)15(21)9(16)5-10(17)23-6-14(15,20)12(7)18/h2-4,20-21H,5-6H2,1H3/t14-,15+/m1/s1. The van der Waals surface area contributed by atoms with Gasteiger partial charge in [-0.05, 0) is 6.07 Å². The summed E-state index contributed by atoms with van der Waals surface area (Å²) >= 11 is 0. The van der Waals surface area contributed by atoms with Crippen molar-refractivity contribution >= 4 is 23.3 Å². The van der Waals surface area contributed by atoms with Crippen LogP contribution >= 0.6 is 0 Å². The molecule has 0 unspecified atom stereocenters. The lowest BCUT2D eigenvalue weighted by molar-refractivity contribution is -0.157. The topological polar surface area (TPSA) is 127 Å². The van der Waals surface area contributed by atoms with E-state index in [4.69, 9.17) is 4.74 Å². The maximum absolute atomic E-state index is 12.7. The number of carbonyl (C=O) groups excluding carboxylic acids is 4. The Balaban J connectivity index is 2.34. The third kappa shape index (κ3) is 1.73. The summed E-state index contributed by atoms with van der Waals surface area (Å²) in [4.78, 5) is 49.0. The number of esters is 1. The molecule has 1 aliphatic carbocycles. The molecule has 1 aromatic rings. The van der Waals surface area contributed by atoms with Crippen LogP contribution in [0.5, 0.6) is 5.75 Å². The second-order valence-electron chi connectivity index (χ2n) is 5.37. The summed E-state index contributed by atoms with van der Waals surface area (Å²) in [6.45, 7) is -0.991. The fourth-order valence-electron chi connectivity index (χ4n) is 2.90. The van der Waals surface area contributed by atoms with E-state index < -0.39 is 47.5 Å². The number of rotatable bonds is 1. The fourth-order valence-corrected chi connectivity index (χ4v) is 2.90. The first-order valence-electron chi connectivity index (χ1n) is 6.67. The Morgan fingerprint density at radius 1 is 1.13 bits per heavy atom. The molecule has 3 rings (SSSR count). The molecule has 2 N–H and O–H groups in total. The van der Waals surface area contributed by atoms with Crippen molar-refractivity contribution in [3.8, 4) is 5.75 Å². The van der Waals surface area contributed by atoms with E-state index >= 15 is 0 Å². The Morgan fingerprint density at radius 2 is 1.83 bits per heavy atom. The number of ketones is 3. The van der Waals surface area contributed by atoms with Crippen molar-refractivity contribution in [2.24, 2.45) is 0 Å². The van der Waals surface area contributed by atoms with E-state index in [2.05, 4.69) is 4.74 Å². The average Bonchev–Trinajstić information content (AvgIpc) is 2.63. The van der Waals surface area contributed by atoms with Crippen LogP contribution in [-0.2, 0) is 14.3 Å². The van der Waals surface area contributed by atoms with Crippen LogP contribution in [0.3, 0.4) is 0 Å². The van der Waals surface area contributed by atoms with Crippen molar-refractivity contribution in [1.82, 2.24) is 0 Å². The summed E-state index contributed by atoms with van der Waals surface area (Å²) in [6.07, 6.45) is -0.928. The van der Waals surface area contributed by atoms with Crippen LogP contribution in [0.2, 0.25) is 0 Å². The van der Waals surface area contributed by atoms with Crippen LogP contribution < -0.4 is 4.74 Å². The lowest BCUT2D eigenvalue weighted by Crippen LogP contribution is -2.71. The van der Waals surface area contributed by atoms with Gasteiger partial charge in [0.2, 0.25) is 22.8 Å². The van der Waals surface area contributed by atoms with E-state index in [1.54, 1.807) is 0 Å². The maximum Gasteiger partial charge on any atom is 0.313 e. The Morgan fingerprint density at radius 3 is 2.48 bits per heavy atom. The number of Topliss-reactive ketones (excluding diaryl/α,β-unsaturated/α-hetero) is 3. The molecule has 1 aliphatic heterocycles. The first-order valence-corrected chi connectivity index (χ1v) is 6.67. The fraction of sp³-hybridized carbons (Fsp3) is 0.333. The van der Waals surface area contributed by atoms with Crippen molar-refractivity contribution in [2.45, 2.75) is 17.6 Å². The Labute approximate surface area is 129 Å². The smallest absolute Gasteiger partial charge is 0.313 e. The van der Waals surface area contributed by atoms with Crippen LogP contribution in [0.1, 0.15) is 27.1 Å². The summed E-state index contributed by atoms with van der Waals surface area (Å²) in [6, 6.07) is 4.05. The van der Waals surface area contributed by atoms with Gasteiger partial charge < -0.3 is 19.7 Å². The molecule has 1 fully saturated rings. The van der Waals surface area contributed by atoms with Crippen molar-refractivity contribution < 1.29 is 38.9 Å². The van der Waals surface area contributed by atoms with Crippen LogP contribution in [0, 0.1) is 0 Å². The van der Waals surface area contributed by atoms with Gasteiger partial charge in [-0.2, -0.15) is 0 Å². The van der Waals surface area contributed by atoms with E-state index in [1.807, 2.05) is 0 Å². The molecule has 0 bridgehead atoms. The summed E-state index contributed by atoms with van der Waals surface area (Å²) in [5, 5.41) is 21.3. The van der Waals surface area contributed by atoms with Gasteiger partial charge >= 0.3 is 5.97 Å². The molecular formula is C15H12O8. The summed E-state index contributed by atoms with van der Waals surface area (Å²) < 4.78 is 9.63. The SMILES string of the molecule is COc1cccc2c1C(=O)[C@@]1(O)C(=O)CC(=O)OC[C@@]1(O)C2=O. The van der Waals surface area contributed by atoms with E-state index in [1.165, 1.54) is 25.3 Å². The number of hydrogen-bond donors (Lipinski definition) is 2. The Hall–Kier alpha value is -2.58. The van der Waals surface area contributed by atoms with Crippen LogP contribution in [0.25, 0.3) is 0 Å². The van der Waals surface area contributed by atoms with Crippen LogP contribution in [0.15, 0.2) is 18.2 Å². The minimum absolute atomic E-state index is 0.0272. The van der Waals surface area contributed by atoms with Gasteiger partial charge in [-0.3, -0.25) is 19.2 Å². The zero-order valence-electron chi connectivity index (χ0n) is 12.0. The number of carbonyl (C=O) groups is 4. The number of benzene rings is 1. The van der Waals surface area contributed by atoms with Crippen LogP contribution in [-0.4, -0.2) is 58.5 Å². The third-order valence-corrected chi connectivity index (χ3v) is 4.17. The van der Waals surface area contributed by atoms with E-state index in [0.717, 1.165) is 0 Å². The third-order valence-electron chi connectivity index (χ3n) is 4.17. The second-order valence-corrected chi connectivity index (χ2v) is 5.37. The molecule has 2 atom stereocenters. The molecule has 1 aromatic carbocycles. The molecule has 0 aromatic heterocycles. The lowest BCUT2D eigenvalue weighted by Gasteiger charge is -2.41. The monoisotopic (exact) mass is 320 g/mol. The number of hydrogen-bond acceptors (Lipinski definition) is 8. The van der Waals surface area contributed by atoms with Gasteiger partial charge in [-0.25, -0.2) is 0 Å². The highest BCUT2D eigenvalue weighted by Crippen LogP contribution is 2.42.